The van der Waals surface area contributed by atoms with Crippen LogP contribution in [0.15, 0.2) is 6.07 Å². The Hall–Kier alpha value is -1.56. The standard InChI is InChI=1S/C10H18N6/c1-15(2)7-3-4-16(6-7)9-5-8(11)13-10(12)14-9/h5,7H,3-4,6H2,1-2H3,(H4,11,12,13,14). The highest BCUT2D eigenvalue weighted by Gasteiger charge is 2.25. The second-order valence-electron chi connectivity index (χ2n) is 4.36. The Morgan fingerprint density at radius 1 is 1.38 bits per heavy atom. The van der Waals surface area contributed by atoms with E-state index in [0.29, 0.717) is 11.9 Å². The molecule has 0 spiro atoms. The van der Waals surface area contributed by atoms with Crippen LogP contribution in [-0.4, -0.2) is 48.1 Å². The molecule has 88 valence electrons. The third-order valence-corrected chi connectivity index (χ3v) is 2.97. The summed E-state index contributed by atoms with van der Waals surface area (Å²) in [5.74, 6) is 1.49. The van der Waals surface area contributed by atoms with Gasteiger partial charge in [0.1, 0.15) is 11.6 Å². The van der Waals surface area contributed by atoms with Crippen molar-refractivity contribution in [2.75, 3.05) is 43.6 Å². The van der Waals surface area contributed by atoms with Crippen LogP contribution in [-0.2, 0) is 0 Å². The average Bonchev–Trinajstić information content (AvgIpc) is 2.64. The molecule has 2 rings (SSSR count). The third kappa shape index (κ3) is 2.16. The van der Waals surface area contributed by atoms with Gasteiger partial charge in [-0.25, -0.2) is 0 Å². The van der Waals surface area contributed by atoms with Gasteiger partial charge in [0, 0.05) is 25.2 Å². The lowest BCUT2D eigenvalue weighted by Crippen LogP contribution is -2.31. The summed E-state index contributed by atoms with van der Waals surface area (Å²) in [4.78, 5) is 12.5. The van der Waals surface area contributed by atoms with E-state index in [1.165, 1.54) is 0 Å². The van der Waals surface area contributed by atoms with E-state index in [-0.39, 0.29) is 5.95 Å². The Balaban J connectivity index is 2.14. The lowest BCUT2D eigenvalue weighted by Gasteiger charge is -2.21. The summed E-state index contributed by atoms with van der Waals surface area (Å²) in [7, 11) is 4.19. The van der Waals surface area contributed by atoms with Gasteiger partial charge < -0.3 is 21.3 Å². The van der Waals surface area contributed by atoms with E-state index in [2.05, 4.69) is 33.9 Å². The number of hydrogen-bond donors (Lipinski definition) is 2. The van der Waals surface area contributed by atoms with Gasteiger partial charge in [0.2, 0.25) is 5.95 Å². The highest BCUT2D eigenvalue weighted by atomic mass is 15.3. The summed E-state index contributed by atoms with van der Waals surface area (Å²) in [5.41, 5.74) is 11.2. The molecule has 6 nitrogen and oxygen atoms in total. The van der Waals surface area contributed by atoms with E-state index in [4.69, 9.17) is 11.5 Å². The van der Waals surface area contributed by atoms with Gasteiger partial charge in [0.15, 0.2) is 0 Å². The molecule has 6 heteroatoms. The van der Waals surface area contributed by atoms with Crippen molar-refractivity contribution in [3.63, 3.8) is 0 Å². The molecule has 1 aromatic heterocycles. The molecular weight excluding hydrogens is 204 g/mol. The lowest BCUT2D eigenvalue weighted by atomic mass is 10.2. The van der Waals surface area contributed by atoms with Crippen molar-refractivity contribution in [2.24, 2.45) is 0 Å². The van der Waals surface area contributed by atoms with Crippen LogP contribution >= 0.6 is 0 Å². The van der Waals surface area contributed by atoms with Gasteiger partial charge in [-0.05, 0) is 20.5 Å². The van der Waals surface area contributed by atoms with Crippen LogP contribution in [0.25, 0.3) is 0 Å². The number of hydrogen-bond acceptors (Lipinski definition) is 6. The molecule has 0 aromatic carbocycles. The first-order chi connectivity index (χ1) is 7.56. The van der Waals surface area contributed by atoms with Crippen molar-refractivity contribution in [3.8, 4) is 0 Å². The maximum Gasteiger partial charge on any atom is 0.223 e. The Kier molecular flexibility index (Phi) is 2.82. The molecule has 0 aliphatic carbocycles. The number of likely N-dealkylation sites (N-methyl/N-ethyl adjacent to an activating group) is 1. The number of anilines is 3. The average molecular weight is 222 g/mol. The molecule has 0 amide bonds. The fourth-order valence-electron chi connectivity index (χ4n) is 2.00. The van der Waals surface area contributed by atoms with Gasteiger partial charge in [0.05, 0.1) is 0 Å². The molecule has 1 atom stereocenters. The molecule has 0 saturated carbocycles. The monoisotopic (exact) mass is 222 g/mol. The summed E-state index contributed by atoms with van der Waals surface area (Å²) < 4.78 is 0. The second kappa shape index (κ2) is 4.13. The molecular formula is C10H18N6. The highest BCUT2D eigenvalue weighted by Crippen LogP contribution is 2.21. The van der Waals surface area contributed by atoms with Crippen LogP contribution in [0.5, 0.6) is 0 Å². The van der Waals surface area contributed by atoms with Crippen LogP contribution in [0.2, 0.25) is 0 Å². The van der Waals surface area contributed by atoms with Gasteiger partial charge in [-0.2, -0.15) is 9.97 Å². The minimum Gasteiger partial charge on any atom is -0.383 e. The summed E-state index contributed by atoms with van der Waals surface area (Å²) in [5, 5.41) is 0. The van der Waals surface area contributed by atoms with Crippen molar-refractivity contribution in [3.05, 3.63) is 6.07 Å². The summed E-state index contributed by atoms with van der Waals surface area (Å²) in [6, 6.07) is 2.34. The van der Waals surface area contributed by atoms with Crippen LogP contribution in [0, 0.1) is 0 Å². The maximum absolute atomic E-state index is 5.65. The fraction of sp³-hybridized carbons (Fsp3) is 0.600. The SMILES string of the molecule is CN(C)C1CCN(c2cc(N)nc(N)n2)C1. The normalized spacial score (nSPS) is 20.7. The highest BCUT2D eigenvalue weighted by molar-refractivity contribution is 5.51. The van der Waals surface area contributed by atoms with Crippen LogP contribution in [0.1, 0.15) is 6.42 Å². The van der Waals surface area contributed by atoms with E-state index in [0.717, 1.165) is 25.3 Å². The Morgan fingerprint density at radius 2 is 2.12 bits per heavy atom. The van der Waals surface area contributed by atoms with Crippen molar-refractivity contribution >= 4 is 17.6 Å². The first-order valence-corrected chi connectivity index (χ1v) is 5.37. The number of aromatic nitrogens is 2. The Bertz CT molecular complexity index is 357. The number of nitrogens with zero attached hydrogens (tertiary/aromatic N) is 4. The smallest absolute Gasteiger partial charge is 0.223 e. The summed E-state index contributed by atoms with van der Waals surface area (Å²) in [6.45, 7) is 1.95. The van der Waals surface area contributed by atoms with Crippen molar-refractivity contribution in [1.29, 1.82) is 0 Å². The molecule has 0 bridgehead atoms. The minimum atomic E-state index is 0.239. The maximum atomic E-state index is 5.65. The van der Waals surface area contributed by atoms with Gasteiger partial charge in [0.25, 0.3) is 0 Å². The second-order valence-corrected chi connectivity index (χ2v) is 4.36. The molecule has 1 aliphatic rings. The van der Waals surface area contributed by atoms with Gasteiger partial charge in [-0.1, -0.05) is 0 Å². The van der Waals surface area contributed by atoms with Crippen LogP contribution < -0.4 is 16.4 Å². The van der Waals surface area contributed by atoms with Crippen molar-refractivity contribution in [1.82, 2.24) is 14.9 Å². The van der Waals surface area contributed by atoms with Crippen LogP contribution in [0.4, 0.5) is 17.6 Å². The molecule has 4 N–H and O–H groups in total. The molecule has 0 radical (unpaired) electrons. The number of nitrogens with two attached hydrogens (primary N) is 2. The predicted octanol–water partition coefficient (Wildman–Crippen LogP) is -0.219. The first-order valence-electron chi connectivity index (χ1n) is 5.37. The molecule has 16 heavy (non-hydrogen) atoms. The molecule has 1 saturated heterocycles. The topological polar surface area (TPSA) is 84.3 Å². The Labute approximate surface area is 95.3 Å². The summed E-state index contributed by atoms with van der Waals surface area (Å²) in [6.07, 6.45) is 1.14. The minimum absolute atomic E-state index is 0.239. The largest absolute Gasteiger partial charge is 0.383 e. The molecule has 1 aromatic rings. The van der Waals surface area contributed by atoms with E-state index in [1.54, 1.807) is 6.07 Å². The number of nitrogen functional groups attached to an aromatic ring is 2. The Morgan fingerprint density at radius 3 is 2.69 bits per heavy atom. The quantitative estimate of drug-likeness (QED) is 0.719. The third-order valence-electron chi connectivity index (χ3n) is 2.97. The zero-order valence-electron chi connectivity index (χ0n) is 9.72. The molecule has 1 fully saturated rings. The first kappa shape index (κ1) is 10.9. The van der Waals surface area contributed by atoms with Gasteiger partial charge in [-0.3, -0.25) is 0 Å². The van der Waals surface area contributed by atoms with Gasteiger partial charge in [-0.15, -0.1) is 0 Å². The van der Waals surface area contributed by atoms with Crippen LogP contribution in [0.3, 0.4) is 0 Å². The predicted molar refractivity (Wildman–Crippen MR) is 65.2 cm³/mol. The number of rotatable bonds is 2. The van der Waals surface area contributed by atoms with Crippen molar-refractivity contribution in [2.45, 2.75) is 12.5 Å². The zero-order valence-corrected chi connectivity index (χ0v) is 9.72. The van der Waals surface area contributed by atoms with Gasteiger partial charge >= 0.3 is 0 Å². The van der Waals surface area contributed by atoms with Crippen molar-refractivity contribution < 1.29 is 0 Å². The van der Waals surface area contributed by atoms with E-state index in [1.807, 2.05) is 0 Å². The lowest BCUT2D eigenvalue weighted by molar-refractivity contribution is 0.315. The molecule has 1 unspecified atom stereocenters. The molecule has 1 aliphatic heterocycles. The zero-order chi connectivity index (χ0) is 11.7. The molecule has 2 heterocycles. The van der Waals surface area contributed by atoms with E-state index >= 15 is 0 Å². The fourth-order valence-corrected chi connectivity index (χ4v) is 2.00. The summed E-state index contributed by atoms with van der Waals surface area (Å²) >= 11 is 0. The van der Waals surface area contributed by atoms with E-state index < -0.39 is 0 Å². The van der Waals surface area contributed by atoms with E-state index in [9.17, 15) is 0 Å².